The Balaban J connectivity index is 1.92. The number of hydrogen-bond acceptors (Lipinski definition) is 4. The Morgan fingerprint density at radius 1 is 1.03 bits per heavy atom. The second-order valence-electron chi connectivity index (χ2n) is 6.39. The van der Waals surface area contributed by atoms with Crippen molar-refractivity contribution in [2.75, 3.05) is 17.1 Å². The quantitative estimate of drug-likeness (QED) is 0.509. The first-order chi connectivity index (χ1) is 14.2. The standard InChI is InChI=1S/C21H18BrFN2O4S/c1-13-11-16(23)6-9-18(13)24-21(26)14-3-10-19(29-2)20(12-14)30(27,28)25-17-7-4-15(22)5-8-17/h3-12,25H,1-2H3,(H,24,26). The van der Waals surface area contributed by atoms with Crippen LogP contribution in [0.1, 0.15) is 15.9 Å². The molecule has 0 atom stereocenters. The minimum Gasteiger partial charge on any atom is -0.495 e. The first-order valence-corrected chi connectivity index (χ1v) is 11.0. The molecular formula is C21H18BrFN2O4S. The molecule has 0 aliphatic carbocycles. The lowest BCUT2D eigenvalue weighted by Gasteiger charge is -2.14. The van der Waals surface area contributed by atoms with E-state index in [1.165, 1.54) is 43.5 Å². The van der Waals surface area contributed by atoms with E-state index in [4.69, 9.17) is 4.74 Å². The zero-order valence-corrected chi connectivity index (χ0v) is 18.5. The van der Waals surface area contributed by atoms with Gasteiger partial charge in [0.15, 0.2) is 0 Å². The summed E-state index contributed by atoms with van der Waals surface area (Å²) in [5.74, 6) is -0.857. The van der Waals surface area contributed by atoms with Crippen molar-refractivity contribution in [1.82, 2.24) is 0 Å². The highest BCUT2D eigenvalue weighted by Gasteiger charge is 2.22. The second-order valence-corrected chi connectivity index (χ2v) is 8.96. The van der Waals surface area contributed by atoms with Crippen LogP contribution >= 0.6 is 15.9 Å². The van der Waals surface area contributed by atoms with Crippen molar-refractivity contribution >= 4 is 43.2 Å². The predicted octanol–water partition coefficient (Wildman–Crippen LogP) is 4.96. The van der Waals surface area contributed by atoms with Gasteiger partial charge in [0.1, 0.15) is 16.5 Å². The molecule has 2 N–H and O–H groups in total. The van der Waals surface area contributed by atoms with Gasteiger partial charge in [-0.3, -0.25) is 9.52 Å². The maximum absolute atomic E-state index is 13.3. The fourth-order valence-corrected chi connectivity index (χ4v) is 4.24. The van der Waals surface area contributed by atoms with Gasteiger partial charge in [-0.25, -0.2) is 12.8 Å². The number of nitrogens with one attached hydrogen (secondary N) is 2. The molecule has 3 rings (SSSR count). The molecule has 30 heavy (non-hydrogen) atoms. The fraction of sp³-hybridized carbons (Fsp3) is 0.0952. The molecule has 0 radical (unpaired) electrons. The number of ether oxygens (including phenoxy) is 1. The van der Waals surface area contributed by atoms with Gasteiger partial charge in [-0.1, -0.05) is 15.9 Å². The van der Waals surface area contributed by atoms with Crippen LogP contribution in [-0.2, 0) is 10.0 Å². The summed E-state index contributed by atoms with van der Waals surface area (Å²) in [5.41, 5.74) is 1.43. The third-order valence-electron chi connectivity index (χ3n) is 4.25. The van der Waals surface area contributed by atoms with Gasteiger partial charge in [0.25, 0.3) is 15.9 Å². The zero-order valence-electron chi connectivity index (χ0n) is 16.1. The number of anilines is 2. The summed E-state index contributed by atoms with van der Waals surface area (Å²) in [6.45, 7) is 1.66. The smallest absolute Gasteiger partial charge is 0.265 e. The Labute approximate surface area is 182 Å². The van der Waals surface area contributed by atoms with E-state index in [9.17, 15) is 17.6 Å². The summed E-state index contributed by atoms with van der Waals surface area (Å²) in [6.07, 6.45) is 0. The molecule has 0 aliphatic rings. The third kappa shape index (κ3) is 4.98. The first-order valence-electron chi connectivity index (χ1n) is 8.73. The molecule has 0 heterocycles. The number of carbonyl (C=O) groups is 1. The van der Waals surface area contributed by atoms with Crippen LogP contribution < -0.4 is 14.8 Å². The molecule has 156 valence electrons. The highest BCUT2D eigenvalue weighted by atomic mass is 79.9. The lowest BCUT2D eigenvalue weighted by Crippen LogP contribution is -2.17. The monoisotopic (exact) mass is 492 g/mol. The Hall–Kier alpha value is -2.91. The summed E-state index contributed by atoms with van der Waals surface area (Å²) >= 11 is 3.29. The summed E-state index contributed by atoms with van der Waals surface area (Å²) < 4.78 is 47.5. The number of carbonyl (C=O) groups excluding carboxylic acids is 1. The van der Waals surface area contributed by atoms with Crippen LogP contribution in [0.2, 0.25) is 0 Å². The lowest BCUT2D eigenvalue weighted by atomic mass is 10.1. The van der Waals surface area contributed by atoms with Crippen molar-refractivity contribution in [1.29, 1.82) is 0 Å². The van der Waals surface area contributed by atoms with Crippen molar-refractivity contribution in [2.45, 2.75) is 11.8 Å². The van der Waals surface area contributed by atoms with E-state index in [-0.39, 0.29) is 16.2 Å². The second kappa shape index (κ2) is 8.85. The normalized spacial score (nSPS) is 11.1. The number of sulfonamides is 1. The largest absolute Gasteiger partial charge is 0.495 e. The van der Waals surface area contributed by atoms with E-state index in [1.54, 1.807) is 31.2 Å². The summed E-state index contributed by atoms with van der Waals surface area (Å²) in [5, 5.41) is 2.66. The minimum atomic E-state index is -4.03. The molecule has 1 amide bonds. The van der Waals surface area contributed by atoms with Crippen LogP contribution in [0.3, 0.4) is 0 Å². The Morgan fingerprint density at radius 2 is 1.73 bits per heavy atom. The summed E-state index contributed by atoms with van der Waals surface area (Å²) in [6, 6.07) is 14.6. The average Bonchev–Trinajstić information content (AvgIpc) is 2.71. The van der Waals surface area contributed by atoms with Crippen molar-refractivity contribution in [3.63, 3.8) is 0 Å². The van der Waals surface area contributed by atoms with Gasteiger partial charge in [-0.15, -0.1) is 0 Å². The number of amides is 1. The first kappa shape index (κ1) is 21.8. The summed E-state index contributed by atoms with van der Waals surface area (Å²) in [7, 11) is -2.69. The number of hydrogen-bond donors (Lipinski definition) is 2. The Kier molecular flexibility index (Phi) is 6.42. The molecule has 0 unspecified atom stereocenters. The van der Waals surface area contributed by atoms with Crippen LogP contribution in [0.4, 0.5) is 15.8 Å². The summed E-state index contributed by atoms with van der Waals surface area (Å²) in [4.78, 5) is 12.5. The van der Waals surface area contributed by atoms with Gasteiger partial charge in [-0.2, -0.15) is 0 Å². The van der Waals surface area contributed by atoms with Crippen LogP contribution in [0.25, 0.3) is 0 Å². The van der Waals surface area contributed by atoms with Crippen LogP contribution in [0.5, 0.6) is 5.75 Å². The fourth-order valence-electron chi connectivity index (χ4n) is 2.72. The molecule has 3 aromatic rings. The molecule has 0 bridgehead atoms. The zero-order chi connectivity index (χ0) is 21.9. The molecule has 9 heteroatoms. The third-order valence-corrected chi connectivity index (χ3v) is 6.18. The topological polar surface area (TPSA) is 84.5 Å². The highest BCUT2D eigenvalue weighted by Crippen LogP contribution is 2.28. The highest BCUT2D eigenvalue weighted by molar-refractivity contribution is 9.10. The molecule has 0 saturated heterocycles. The van der Waals surface area contributed by atoms with Gasteiger partial charge >= 0.3 is 0 Å². The number of rotatable bonds is 6. The van der Waals surface area contributed by atoms with Gasteiger partial charge in [0, 0.05) is 21.4 Å². The minimum absolute atomic E-state index is 0.0918. The van der Waals surface area contributed by atoms with Crippen LogP contribution in [0.15, 0.2) is 70.0 Å². The number of halogens is 2. The Bertz CT molecular complexity index is 1200. The molecule has 6 nitrogen and oxygen atoms in total. The van der Waals surface area contributed by atoms with E-state index >= 15 is 0 Å². The van der Waals surface area contributed by atoms with Crippen molar-refractivity contribution < 1.29 is 22.3 Å². The molecule has 3 aromatic carbocycles. The number of aryl methyl sites for hydroxylation is 1. The number of methoxy groups -OCH3 is 1. The van der Waals surface area contributed by atoms with Crippen molar-refractivity contribution in [3.05, 3.63) is 82.1 Å². The maximum atomic E-state index is 13.3. The molecular weight excluding hydrogens is 475 g/mol. The van der Waals surface area contributed by atoms with Gasteiger partial charge in [0.2, 0.25) is 0 Å². The molecule has 0 saturated carbocycles. The maximum Gasteiger partial charge on any atom is 0.265 e. The molecule has 0 spiro atoms. The molecule has 0 aromatic heterocycles. The predicted molar refractivity (Wildman–Crippen MR) is 117 cm³/mol. The molecule has 0 aliphatic heterocycles. The van der Waals surface area contributed by atoms with Gasteiger partial charge in [-0.05, 0) is 73.2 Å². The van der Waals surface area contributed by atoms with Gasteiger partial charge < -0.3 is 10.1 Å². The molecule has 0 fully saturated rings. The van der Waals surface area contributed by atoms with Crippen molar-refractivity contribution in [3.8, 4) is 5.75 Å². The van der Waals surface area contributed by atoms with E-state index < -0.39 is 21.7 Å². The van der Waals surface area contributed by atoms with Crippen molar-refractivity contribution in [2.24, 2.45) is 0 Å². The van der Waals surface area contributed by atoms with E-state index in [2.05, 4.69) is 26.0 Å². The van der Waals surface area contributed by atoms with E-state index in [1.807, 2.05) is 0 Å². The number of benzene rings is 3. The SMILES string of the molecule is COc1ccc(C(=O)Nc2ccc(F)cc2C)cc1S(=O)(=O)Nc1ccc(Br)cc1. The van der Waals surface area contributed by atoms with Crippen LogP contribution in [0, 0.1) is 12.7 Å². The average molecular weight is 493 g/mol. The van der Waals surface area contributed by atoms with Gasteiger partial charge in [0.05, 0.1) is 7.11 Å². The lowest BCUT2D eigenvalue weighted by molar-refractivity contribution is 0.102. The van der Waals surface area contributed by atoms with Crippen LogP contribution in [-0.4, -0.2) is 21.4 Å². The Morgan fingerprint density at radius 3 is 2.37 bits per heavy atom. The van der Waals surface area contributed by atoms with E-state index in [0.29, 0.717) is 16.9 Å². The van der Waals surface area contributed by atoms with E-state index in [0.717, 1.165) is 4.47 Å².